The average Bonchev–Trinajstić information content (AvgIpc) is 3.08. The quantitative estimate of drug-likeness (QED) is 0.590. The number of ether oxygens (including phenoxy) is 1. The van der Waals surface area contributed by atoms with Crippen LogP contribution >= 0.6 is 0 Å². The highest BCUT2D eigenvalue weighted by Crippen LogP contribution is 2.31. The van der Waals surface area contributed by atoms with Crippen LogP contribution in [0.5, 0.6) is 0 Å². The molecule has 2 rings (SSSR count). The summed E-state index contributed by atoms with van der Waals surface area (Å²) in [6.07, 6.45) is 4.41. The van der Waals surface area contributed by atoms with Crippen molar-refractivity contribution in [3.05, 3.63) is 0 Å². The summed E-state index contributed by atoms with van der Waals surface area (Å²) in [4.78, 5) is 25.9. The second-order valence-electron chi connectivity index (χ2n) is 6.08. The van der Waals surface area contributed by atoms with E-state index in [2.05, 4.69) is 12.8 Å². The van der Waals surface area contributed by atoms with E-state index >= 15 is 0 Å². The molecule has 6 nitrogen and oxygen atoms in total. The molecule has 0 unspecified atom stereocenters. The van der Waals surface area contributed by atoms with Crippen molar-refractivity contribution in [3.63, 3.8) is 0 Å². The summed E-state index contributed by atoms with van der Waals surface area (Å²) in [6, 6.07) is 2.28. The molecule has 22 heavy (non-hydrogen) atoms. The zero-order chi connectivity index (χ0) is 16.2. The summed E-state index contributed by atoms with van der Waals surface area (Å²) in [6.45, 7) is 6.81. The summed E-state index contributed by atoms with van der Waals surface area (Å²) in [5.74, 6) is -0.0190. The van der Waals surface area contributed by atoms with Crippen molar-refractivity contribution < 1.29 is 18.9 Å². The molecule has 0 N–H and O–H groups in total. The van der Waals surface area contributed by atoms with Crippen LogP contribution in [0.2, 0.25) is 0 Å². The number of carbonyl (C=O) groups excluding carboxylic acids is 2. The van der Waals surface area contributed by atoms with E-state index in [-0.39, 0.29) is 17.9 Å². The highest BCUT2D eigenvalue weighted by atomic mass is 16.6. The smallest absolute Gasteiger partial charge is 0.409 e. The van der Waals surface area contributed by atoms with Gasteiger partial charge in [0.2, 0.25) is 0 Å². The van der Waals surface area contributed by atoms with Crippen molar-refractivity contribution in [1.29, 1.82) is 5.26 Å². The fourth-order valence-electron chi connectivity index (χ4n) is 3.32. The normalized spacial score (nSPS) is 21.2. The first-order valence-electron chi connectivity index (χ1n) is 8.01. The molecule has 0 radical (unpaired) electrons. The number of likely N-dealkylation sites (tertiary alicyclic amines) is 1. The molecule has 1 heterocycles. The molecule has 1 saturated carbocycles. The topological polar surface area (TPSA) is 73.4 Å². The molecule has 0 aromatic heterocycles. The van der Waals surface area contributed by atoms with E-state index in [1.54, 1.807) is 11.8 Å². The van der Waals surface area contributed by atoms with Crippen molar-refractivity contribution in [2.45, 2.75) is 51.0 Å². The van der Waals surface area contributed by atoms with E-state index in [1.807, 2.05) is 0 Å². The number of carbonyl (C=O) groups is 2. The van der Waals surface area contributed by atoms with Crippen LogP contribution in [0.4, 0.5) is 4.79 Å². The number of amides is 2. The first-order chi connectivity index (χ1) is 10.5. The van der Waals surface area contributed by atoms with Crippen LogP contribution in [0.15, 0.2) is 0 Å². The fraction of sp³-hybridized carbons (Fsp3) is 0.750. The zero-order valence-corrected chi connectivity index (χ0v) is 13.2. The van der Waals surface area contributed by atoms with E-state index in [0.29, 0.717) is 32.5 Å². The van der Waals surface area contributed by atoms with E-state index in [4.69, 9.17) is 4.74 Å². The molecule has 1 saturated heterocycles. The minimum Gasteiger partial charge on any atom is -0.450 e. The molecule has 2 aliphatic rings. The molecular weight excluding hydrogens is 282 g/mol. The minimum atomic E-state index is -0.900. The van der Waals surface area contributed by atoms with Gasteiger partial charge in [-0.15, -0.1) is 0 Å². The third-order valence-electron chi connectivity index (χ3n) is 4.81. The monoisotopic (exact) mass is 306 g/mol. The molecular formula is C16H24N3O3+. The lowest BCUT2D eigenvalue weighted by Crippen LogP contribution is -2.54. The van der Waals surface area contributed by atoms with E-state index in [1.165, 1.54) is 4.58 Å². The third-order valence-corrected chi connectivity index (χ3v) is 4.81. The van der Waals surface area contributed by atoms with E-state index in [9.17, 15) is 14.9 Å². The van der Waals surface area contributed by atoms with Gasteiger partial charge in [-0.1, -0.05) is 12.8 Å². The van der Waals surface area contributed by atoms with Gasteiger partial charge in [0.1, 0.15) is 12.8 Å². The van der Waals surface area contributed by atoms with Gasteiger partial charge in [0, 0.05) is 25.9 Å². The maximum Gasteiger partial charge on any atom is 0.409 e. The average molecular weight is 306 g/mol. The Morgan fingerprint density at radius 1 is 1.36 bits per heavy atom. The molecule has 1 aliphatic carbocycles. The largest absolute Gasteiger partial charge is 0.450 e. The predicted octanol–water partition coefficient (Wildman–Crippen LogP) is 1.93. The van der Waals surface area contributed by atoms with Crippen LogP contribution in [0.25, 0.3) is 0 Å². The Labute approximate surface area is 131 Å². The molecule has 6 heteroatoms. The molecule has 0 aromatic rings. The molecule has 0 bridgehead atoms. The van der Waals surface area contributed by atoms with Crippen LogP contribution < -0.4 is 0 Å². The standard InChI is InChI=1S/C16H24N3O3/c1-3-22-15(21)19-10-8-16(12-17,9-11-19)18(2)14(20)13-6-4-5-7-13/h13H,2-11H2,1H3/q+1. The van der Waals surface area contributed by atoms with Crippen LogP contribution in [0.3, 0.4) is 0 Å². The molecule has 2 fully saturated rings. The van der Waals surface area contributed by atoms with Gasteiger partial charge < -0.3 is 9.64 Å². The summed E-state index contributed by atoms with van der Waals surface area (Å²) in [5.41, 5.74) is -0.900. The van der Waals surface area contributed by atoms with Crippen molar-refractivity contribution >= 4 is 18.7 Å². The van der Waals surface area contributed by atoms with Crippen molar-refractivity contribution in [3.8, 4) is 6.07 Å². The third kappa shape index (κ3) is 3.13. The van der Waals surface area contributed by atoms with Gasteiger partial charge in [0.05, 0.1) is 12.5 Å². The van der Waals surface area contributed by atoms with Gasteiger partial charge >= 0.3 is 12.0 Å². The molecule has 120 valence electrons. The Morgan fingerprint density at radius 3 is 2.45 bits per heavy atom. The lowest BCUT2D eigenvalue weighted by Gasteiger charge is -2.33. The highest BCUT2D eigenvalue weighted by molar-refractivity contribution is 5.73. The molecule has 0 aromatic carbocycles. The minimum absolute atomic E-state index is 0.00538. The van der Waals surface area contributed by atoms with Crippen LogP contribution in [0, 0.1) is 17.2 Å². The maximum atomic E-state index is 12.5. The van der Waals surface area contributed by atoms with Gasteiger partial charge in [-0.2, -0.15) is 9.84 Å². The highest BCUT2D eigenvalue weighted by Gasteiger charge is 2.49. The van der Waals surface area contributed by atoms with Crippen LogP contribution in [-0.2, 0) is 9.53 Å². The molecule has 2 amide bonds. The van der Waals surface area contributed by atoms with Crippen molar-refractivity contribution in [1.82, 2.24) is 4.90 Å². The first-order valence-corrected chi connectivity index (χ1v) is 8.01. The van der Waals surface area contributed by atoms with Gasteiger partial charge in [0.25, 0.3) is 5.54 Å². The fourth-order valence-corrected chi connectivity index (χ4v) is 3.32. The van der Waals surface area contributed by atoms with E-state index in [0.717, 1.165) is 25.7 Å². The molecule has 1 aliphatic heterocycles. The molecule has 0 atom stereocenters. The SMILES string of the molecule is C=[N+](C(=O)C1CCCC1)C1(C#N)CCN(C(=O)OCC)CC1. The van der Waals surface area contributed by atoms with Crippen LogP contribution in [-0.4, -0.2) is 53.4 Å². The van der Waals surface area contributed by atoms with Crippen molar-refractivity contribution in [2.75, 3.05) is 19.7 Å². The lowest BCUT2D eigenvalue weighted by molar-refractivity contribution is -0.518. The molecule has 0 spiro atoms. The zero-order valence-electron chi connectivity index (χ0n) is 13.2. The van der Waals surface area contributed by atoms with E-state index < -0.39 is 5.54 Å². The van der Waals surface area contributed by atoms with Crippen LogP contribution in [0.1, 0.15) is 45.4 Å². The Hall–Kier alpha value is -1.90. The first kappa shape index (κ1) is 16.5. The summed E-state index contributed by atoms with van der Waals surface area (Å²) >= 11 is 0. The summed E-state index contributed by atoms with van der Waals surface area (Å²) < 4.78 is 6.37. The Balaban J connectivity index is 2.02. The Morgan fingerprint density at radius 2 is 1.95 bits per heavy atom. The van der Waals surface area contributed by atoms with Gasteiger partial charge in [-0.3, -0.25) is 0 Å². The number of rotatable bonds is 3. The van der Waals surface area contributed by atoms with Crippen molar-refractivity contribution in [2.24, 2.45) is 5.92 Å². The predicted molar refractivity (Wildman–Crippen MR) is 80.5 cm³/mol. The Bertz CT molecular complexity index is 495. The number of nitrogens with zero attached hydrogens (tertiary/aromatic N) is 3. The maximum absolute atomic E-state index is 12.5. The Kier molecular flexibility index (Phi) is 5.17. The number of nitriles is 1. The summed E-state index contributed by atoms with van der Waals surface area (Å²) in [5, 5.41) is 9.61. The van der Waals surface area contributed by atoms with Gasteiger partial charge in [0.15, 0.2) is 0 Å². The number of hydrogen-bond donors (Lipinski definition) is 0. The van der Waals surface area contributed by atoms with Gasteiger partial charge in [-0.05, 0) is 19.8 Å². The second-order valence-corrected chi connectivity index (χ2v) is 6.08. The number of piperidine rings is 1. The van der Waals surface area contributed by atoms with Gasteiger partial charge in [-0.25, -0.2) is 9.59 Å². The second kappa shape index (κ2) is 6.91. The lowest BCUT2D eigenvalue weighted by atomic mass is 9.87. The number of hydrogen-bond acceptors (Lipinski definition) is 4. The summed E-state index contributed by atoms with van der Waals surface area (Å²) in [7, 11) is 0.